The summed E-state index contributed by atoms with van der Waals surface area (Å²) in [5.41, 5.74) is 6.97. The molecule has 0 bridgehead atoms. The Morgan fingerprint density at radius 1 is 1.32 bits per heavy atom. The number of benzene rings is 1. The van der Waals surface area contributed by atoms with Gasteiger partial charge in [0.1, 0.15) is 0 Å². The molecule has 0 spiro atoms. The number of hydrogen-bond donors (Lipinski definition) is 3. The maximum atomic E-state index is 12.6. The van der Waals surface area contributed by atoms with Crippen molar-refractivity contribution >= 4 is 22.5 Å². The highest BCUT2D eigenvalue weighted by Crippen LogP contribution is 2.32. The molecule has 28 heavy (non-hydrogen) atoms. The number of aryl methyl sites for hydroxylation is 2. The molecule has 0 saturated carbocycles. The molecule has 0 aliphatic carbocycles. The highest BCUT2D eigenvalue weighted by molar-refractivity contribution is 5.94. The SMILES string of the molecule is Cc1cc(CC(C)NC(=O)N2CC=C(c3c(C)[nH]c4ccccc34)CC2)n[nH]1. The summed E-state index contributed by atoms with van der Waals surface area (Å²) in [5, 5.41) is 11.5. The molecule has 146 valence electrons. The number of aromatic nitrogens is 3. The average molecular weight is 377 g/mol. The fraction of sp³-hybridized carbons (Fsp3) is 0.364. The molecule has 1 aliphatic rings. The first-order chi connectivity index (χ1) is 13.5. The molecule has 1 aliphatic heterocycles. The van der Waals surface area contributed by atoms with E-state index in [1.165, 1.54) is 27.7 Å². The van der Waals surface area contributed by atoms with Gasteiger partial charge in [-0.15, -0.1) is 0 Å². The molecular formula is C22H27N5O. The summed E-state index contributed by atoms with van der Waals surface area (Å²) in [6.45, 7) is 7.47. The largest absolute Gasteiger partial charge is 0.358 e. The zero-order valence-electron chi connectivity index (χ0n) is 16.7. The number of nitrogens with zero attached hydrogens (tertiary/aromatic N) is 2. The molecule has 1 atom stereocenters. The van der Waals surface area contributed by atoms with Crippen molar-refractivity contribution in [3.63, 3.8) is 0 Å². The molecular weight excluding hydrogens is 350 g/mol. The van der Waals surface area contributed by atoms with E-state index in [2.05, 4.69) is 57.8 Å². The molecule has 2 amide bonds. The Morgan fingerprint density at radius 2 is 2.14 bits per heavy atom. The van der Waals surface area contributed by atoms with Gasteiger partial charge in [0, 0.05) is 53.4 Å². The number of fused-ring (bicyclic) bond motifs is 1. The number of H-pyrrole nitrogens is 2. The molecule has 0 radical (unpaired) electrons. The fourth-order valence-corrected chi connectivity index (χ4v) is 4.02. The summed E-state index contributed by atoms with van der Waals surface area (Å²) in [7, 11) is 0. The van der Waals surface area contributed by atoms with Crippen LogP contribution in [0.2, 0.25) is 0 Å². The van der Waals surface area contributed by atoms with Crippen LogP contribution in [0.5, 0.6) is 0 Å². The lowest BCUT2D eigenvalue weighted by Crippen LogP contribution is -2.46. The smallest absolute Gasteiger partial charge is 0.317 e. The molecule has 0 fully saturated rings. The molecule has 6 nitrogen and oxygen atoms in total. The second-order valence-corrected chi connectivity index (χ2v) is 7.69. The van der Waals surface area contributed by atoms with Gasteiger partial charge >= 0.3 is 6.03 Å². The second-order valence-electron chi connectivity index (χ2n) is 7.69. The predicted molar refractivity (Wildman–Crippen MR) is 112 cm³/mol. The van der Waals surface area contributed by atoms with Crippen molar-refractivity contribution in [3.05, 3.63) is 59.1 Å². The van der Waals surface area contributed by atoms with Crippen molar-refractivity contribution in [2.75, 3.05) is 13.1 Å². The number of para-hydroxylation sites is 1. The van der Waals surface area contributed by atoms with Crippen LogP contribution in [0.3, 0.4) is 0 Å². The third-order valence-electron chi connectivity index (χ3n) is 5.36. The Kier molecular flexibility index (Phi) is 4.94. The van der Waals surface area contributed by atoms with E-state index in [-0.39, 0.29) is 12.1 Å². The van der Waals surface area contributed by atoms with Crippen molar-refractivity contribution in [2.45, 2.75) is 39.7 Å². The molecule has 1 unspecified atom stereocenters. The molecule has 1 aromatic carbocycles. The second kappa shape index (κ2) is 7.54. The lowest BCUT2D eigenvalue weighted by Gasteiger charge is -2.28. The first kappa shape index (κ1) is 18.3. The number of carbonyl (C=O) groups is 1. The van der Waals surface area contributed by atoms with Gasteiger partial charge < -0.3 is 15.2 Å². The van der Waals surface area contributed by atoms with Crippen LogP contribution in [-0.4, -0.2) is 45.2 Å². The van der Waals surface area contributed by atoms with Crippen LogP contribution in [0.1, 0.15) is 36.0 Å². The number of urea groups is 1. The third-order valence-corrected chi connectivity index (χ3v) is 5.36. The summed E-state index contributed by atoms with van der Waals surface area (Å²) in [6, 6.07) is 10.4. The first-order valence-corrected chi connectivity index (χ1v) is 9.84. The monoisotopic (exact) mass is 377 g/mol. The Balaban J connectivity index is 1.40. The van der Waals surface area contributed by atoms with Crippen LogP contribution in [0.25, 0.3) is 16.5 Å². The van der Waals surface area contributed by atoms with Gasteiger partial charge in [-0.1, -0.05) is 24.3 Å². The van der Waals surface area contributed by atoms with Gasteiger partial charge in [-0.05, 0) is 44.9 Å². The molecule has 3 N–H and O–H groups in total. The Morgan fingerprint density at radius 3 is 2.86 bits per heavy atom. The van der Waals surface area contributed by atoms with Crippen LogP contribution < -0.4 is 5.32 Å². The van der Waals surface area contributed by atoms with Crippen LogP contribution in [-0.2, 0) is 6.42 Å². The van der Waals surface area contributed by atoms with E-state index in [1.54, 1.807) is 0 Å². The van der Waals surface area contributed by atoms with E-state index in [9.17, 15) is 4.79 Å². The zero-order chi connectivity index (χ0) is 19.7. The van der Waals surface area contributed by atoms with Crippen LogP contribution in [0, 0.1) is 13.8 Å². The van der Waals surface area contributed by atoms with Crippen molar-refractivity contribution in [2.24, 2.45) is 0 Å². The number of amides is 2. The van der Waals surface area contributed by atoms with E-state index in [4.69, 9.17) is 0 Å². The van der Waals surface area contributed by atoms with Gasteiger partial charge in [-0.25, -0.2) is 4.79 Å². The number of aromatic amines is 2. The summed E-state index contributed by atoms with van der Waals surface area (Å²) in [6.07, 6.45) is 3.77. The van der Waals surface area contributed by atoms with Gasteiger partial charge in [0.25, 0.3) is 0 Å². The molecule has 3 heterocycles. The molecule has 6 heteroatoms. The summed E-state index contributed by atoms with van der Waals surface area (Å²) < 4.78 is 0. The fourth-order valence-electron chi connectivity index (χ4n) is 4.02. The number of rotatable bonds is 4. The van der Waals surface area contributed by atoms with Crippen molar-refractivity contribution in [3.8, 4) is 0 Å². The van der Waals surface area contributed by atoms with E-state index in [0.29, 0.717) is 6.54 Å². The van der Waals surface area contributed by atoms with Crippen LogP contribution >= 0.6 is 0 Å². The maximum absolute atomic E-state index is 12.6. The van der Waals surface area contributed by atoms with Crippen LogP contribution in [0.4, 0.5) is 4.79 Å². The minimum absolute atomic E-state index is 0.00861. The quantitative estimate of drug-likeness (QED) is 0.644. The highest BCUT2D eigenvalue weighted by Gasteiger charge is 2.21. The van der Waals surface area contributed by atoms with E-state index >= 15 is 0 Å². The predicted octanol–water partition coefficient (Wildman–Crippen LogP) is 3.94. The van der Waals surface area contributed by atoms with Crippen molar-refractivity contribution in [1.82, 2.24) is 25.4 Å². The molecule has 4 rings (SSSR count). The van der Waals surface area contributed by atoms with Gasteiger partial charge in [0.15, 0.2) is 0 Å². The normalized spacial score (nSPS) is 15.5. The van der Waals surface area contributed by atoms with Gasteiger partial charge in [-0.3, -0.25) is 5.10 Å². The minimum Gasteiger partial charge on any atom is -0.358 e. The van der Waals surface area contributed by atoms with Gasteiger partial charge in [-0.2, -0.15) is 5.10 Å². The molecule has 0 saturated heterocycles. The topological polar surface area (TPSA) is 76.8 Å². The average Bonchev–Trinajstić information content (AvgIpc) is 3.23. The number of hydrogen-bond acceptors (Lipinski definition) is 2. The lowest BCUT2D eigenvalue weighted by molar-refractivity contribution is 0.199. The molecule has 3 aromatic rings. The van der Waals surface area contributed by atoms with Crippen molar-refractivity contribution in [1.29, 1.82) is 0 Å². The van der Waals surface area contributed by atoms with Gasteiger partial charge in [0.05, 0.1) is 5.69 Å². The van der Waals surface area contributed by atoms with Crippen molar-refractivity contribution < 1.29 is 4.79 Å². The van der Waals surface area contributed by atoms with Crippen LogP contribution in [0.15, 0.2) is 36.4 Å². The van der Waals surface area contributed by atoms with E-state index in [0.717, 1.165) is 30.8 Å². The molecule has 2 aromatic heterocycles. The summed E-state index contributed by atoms with van der Waals surface area (Å²) >= 11 is 0. The highest BCUT2D eigenvalue weighted by atomic mass is 16.2. The zero-order valence-corrected chi connectivity index (χ0v) is 16.7. The first-order valence-electron chi connectivity index (χ1n) is 9.84. The third kappa shape index (κ3) is 3.67. The maximum Gasteiger partial charge on any atom is 0.317 e. The standard InChI is InChI=1S/C22H27N5O/c1-14(12-18-13-15(2)25-26-18)23-22(28)27-10-8-17(9-11-27)21-16(3)24-20-7-5-4-6-19(20)21/h4-8,13-14,24H,9-12H2,1-3H3,(H,23,28)(H,25,26). The Bertz CT molecular complexity index is 1030. The van der Waals surface area contributed by atoms with E-state index < -0.39 is 0 Å². The number of carbonyl (C=O) groups excluding carboxylic acids is 1. The minimum atomic E-state index is -0.00861. The summed E-state index contributed by atoms with van der Waals surface area (Å²) in [5.74, 6) is 0. The summed E-state index contributed by atoms with van der Waals surface area (Å²) in [4.78, 5) is 18.0. The lowest BCUT2D eigenvalue weighted by atomic mass is 9.97. The Hall–Kier alpha value is -3.02. The van der Waals surface area contributed by atoms with E-state index in [1.807, 2.05) is 24.8 Å². The van der Waals surface area contributed by atoms with Gasteiger partial charge in [0.2, 0.25) is 0 Å². The Labute approximate surface area is 165 Å². The number of nitrogens with one attached hydrogen (secondary N) is 3.